The maximum Gasteiger partial charge on any atom is 0.0503 e. The Bertz CT molecular complexity index is 608. The van der Waals surface area contributed by atoms with E-state index < -0.39 is 0 Å². The highest BCUT2D eigenvalue weighted by atomic mass is 79.9. The maximum atomic E-state index is 5.79. The predicted molar refractivity (Wildman–Crippen MR) is 88.6 cm³/mol. The summed E-state index contributed by atoms with van der Waals surface area (Å²) >= 11 is 3.50. The van der Waals surface area contributed by atoms with Crippen molar-refractivity contribution >= 4 is 15.9 Å². The molecule has 0 amide bonds. The SMILES string of the molecule is Cc1ccc(C)c(CC(NN)c2ccc(Br)cc2C)c1. The summed E-state index contributed by atoms with van der Waals surface area (Å²) in [5, 5.41) is 0. The summed E-state index contributed by atoms with van der Waals surface area (Å²) in [6, 6.07) is 13.0. The standard InChI is InChI=1S/C17H21BrN2/c1-11-4-5-12(2)14(8-11)10-17(20-19)16-7-6-15(18)9-13(16)3/h4-9,17,20H,10,19H2,1-3H3. The first-order chi connectivity index (χ1) is 9.51. The van der Waals surface area contributed by atoms with Gasteiger partial charge >= 0.3 is 0 Å². The smallest absolute Gasteiger partial charge is 0.0503 e. The van der Waals surface area contributed by atoms with Gasteiger partial charge in [-0.25, -0.2) is 0 Å². The Morgan fingerprint density at radius 1 is 1.05 bits per heavy atom. The molecule has 2 rings (SSSR count). The van der Waals surface area contributed by atoms with Gasteiger partial charge in [0.25, 0.3) is 0 Å². The van der Waals surface area contributed by atoms with E-state index >= 15 is 0 Å². The quantitative estimate of drug-likeness (QED) is 0.652. The summed E-state index contributed by atoms with van der Waals surface area (Å²) in [5.74, 6) is 5.79. The van der Waals surface area contributed by atoms with E-state index in [0.717, 1.165) is 10.9 Å². The molecule has 3 heteroatoms. The summed E-state index contributed by atoms with van der Waals surface area (Å²) in [6.07, 6.45) is 0.895. The van der Waals surface area contributed by atoms with Crippen LogP contribution in [0.15, 0.2) is 40.9 Å². The minimum absolute atomic E-state index is 0.128. The summed E-state index contributed by atoms with van der Waals surface area (Å²) < 4.78 is 1.10. The summed E-state index contributed by atoms with van der Waals surface area (Å²) in [7, 11) is 0. The fraction of sp³-hybridized carbons (Fsp3) is 0.294. The second-order valence-electron chi connectivity index (χ2n) is 5.35. The van der Waals surface area contributed by atoms with Crippen molar-refractivity contribution in [3.05, 3.63) is 68.7 Å². The van der Waals surface area contributed by atoms with E-state index in [4.69, 9.17) is 5.84 Å². The average Bonchev–Trinajstić information content (AvgIpc) is 2.40. The van der Waals surface area contributed by atoms with Gasteiger partial charge in [0.05, 0.1) is 6.04 Å². The first-order valence-corrected chi connectivity index (χ1v) is 7.59. The summed E-state index contributed by atoms with van der Waals surface area (Å²) in [5.41, 5.74) is 9.39. The fourth-order valence-corrected chi connectivity index (χ4v) is 3.00. The Labute approximate surface area is 129 Å². The number of halogens is 1. The van der Waals surface area contributed by atoms with Gasteiger partial charge in [-0.1, -0.05) is 45.8 Å². The van der Waals surface area contributed by atoms with Gasteiger partial charge in [-0.3, -0.25) is 11.3 Å². The molecular weight excluding hydrogens is 312 g/mol. The minimum atomic E-state index is 0.128. The van der Waals surface area contributed by atoms with Crippen molar-refractivity contribution in [2.75, 3.05) is 0 Å². The first kappa shape index (κ1) is 15.2. The third-order valence-corrected chi connectivity index (χ3v) is 4.23. The van der Waals surface area contributed by atoms with Crippen LogP contribution in [0.3, 0.4) is 0 Å². The molecule has 0 aliphatic heterocycles. The van der Waals surface area contributed by atoms with Gasteiger partial charge < -0.3 is 0 Å². The van der Waals surface area contributed by atoms with Gasteiger partial charge in [-0.05, 0) is 61.6 Å². The van der Waals surface area contributed by atoms with Crippen LogP contribution >= 0.6 is 15.9 Å². The Morgan fingerprint density at radius 3 is 2.45 bits per heavy atom. The molecule has 0 aliphatic carbocycles. The van der Waals surface area contributed by atoms with E-state index in [0.29, 0.717) is 0 Å². The molecule has 1 atom stereocenters. The van der Waals surface area contributed by atoms with Crippen LogP contribution in [0.2, 0.25) is 0 Å². The van der Waals surface area contributed by atoms with Crippen molar-refractivity contribution in [3.63, 3.8) is 0 Å². The van der Waals surface area contributed by atoms with Crippen molar-refractivity contribution in [2.45, 2.75) is 33.2 Å². The lowest BCUT2D eigenvalue weighted by atomic mass is 9.93. The summed E-state index contributed by atoms with van der Waals surface area (Å²) in [4.78, 5) is 0. The van der Waals surface area contributed by atoms with Crippen molar-refractivity contribution in [3.8, 4) is 0 Å². The number of aryl methyl sites for hydroxylation is 3. The van der Waals surface area contributed by atoms with Gasteiger partial charge in [0.15, 0.2) is 0 Å². The van der Waals surface area contributed by atoms with Crippen molar-refractivity contribution in [1.82, 2.24) is 5.43 Å². The van der Waals surface area contributed by atoms with Gasteiger partial charge in [0.1, 0.15) is 0 Å². The second-order valence-corrected chi connectivity index (χ2v) is 6.27. The molecule has 0 radical (unpaired) electrons. The number of benzene rings is 2. The van der Waals surface area contributed by atoms with Crippen molar-refractivity contribution in [1.29, 1.82) is 0 Å². The van der Waals surface area contributed by atoms with Gasteiger partial charge in [-0.15, -0.1) is 0 Å². The van der Waals surface area contributed by atoms with Crippen LogP contribution in [0, 0.1) is 20.8 Å². The van der Waals surface area contributed by atoms with E-state index in [1.54, 1.807) is 0 Å². The maximum absolute atomic E-state index is 5.79. The molecular formula is C17H21BrN2. The molecule has 0 saturated heterocycles. The van der Waals surface area contributed by atoms with Crippen LogP contribution in [-0.2, 0) is 6.42 Å². The van der Waals surface area contributed by atoms with Crippen LogP contribution in [0.1, 0.15) is 33.9 Å². The molecule has 0 aromatic heterocycles. The Morgan fingerprint density at radius 2 is 1.80 bits per heavy atom. The fourth-order valence-electron chi connectivity index (χ4n) is 2.53. The molecule has 2 aromatic rings. The Kier molecular flexibility index (Phi) is 4.97. The van der Waals surface area contributed by atoms with Crippen LogP contribution in [0.5, 0.6) is 0 Å². The molecule has 0 spiro atoms. The van der Waals surface area contributed by atoms with Crippen LogP contribution in [0.4, 0.5) is 0 Å². The van der Waals surface area contributed by atoms with Crippen LogP contribution in [0.25, 0.3) is 0 Å². The first-order valence-electron chi connectivity index (χ1n) is 6.79. The number of hydrogen-bond acceptors (Lipinski definition) is 2. The number of nitrogens with one attached hydrogen (secondary N) is 1. The van der Waals surface area contributed by atoms with Gasteiger partial charge in [0.2, 0.25) is 0 Å². The Hall–Kier alpha value is -1.16. The molecule has 3 N–H and O–H groups in total. The molecule has 0 fully saturated rings. The molecule has 106 valence electrons. The van der Waals surface area contributed by atoms with Crippen LogP contribution < -0.4 is 11.3 Å². The Balaban J connectivity index is 2.31. The molecule has 0 bridgehead atoms. The predicted octanol–water partition coefficient (Wildman–Crippen LogP) is 4.12. The zero-order valence-electron chi connectivity index (χ0n) is 12.2. The van der Waals surface area contributed by atoms with E-state index in [1.165, 1.54) is 27.8 Å². The second kappa shape index (κ2) is 6.53. The monoisotopic (exact) mass is 332 g/mol. The highest BCUT2D eigenvalue weighted by Crippen LogP contribution is 2.25. The van der Waals surface area contributed by atoms with Gasteiger partial charge in [0, 0.05) is 4.47 Å². The van der Waals surface area contributed by atoms with Crippen molar-refractivity contribution < 1.29 is 0 Å². The molecule has 1 unspecified atom stereocenters. The number of nitrogens with two attached hydrogens (primary N) is 1. The highest BCUT2D eigenvalue weighted by Gasteiger charge is 2.14. The molecule has 0 aliphatic rings. The largest absolute Gasteiger partial charge is 0.271 e. The lowest BCUT2D eigenvalue weighted by Crippen LogP contribution is -2.30. The minimum Gasteiger partial charge on any atom is -0.271 e. The third-order valence-electron chi connectivity index (χ3n) is 3.74. The van der Waals surface area contributed by atoms with Crippen molar-refractivity contribution in [2.24, 2.45) is 5.84 Å². The lowest BCUT2D eigenvalue weighted by Gasteiger charge is -2.20. The number of rotatable bonds is 4. The normalized spacial score (nSPS) is 12.4. The van der Waals surface area contributed by atoms with Crippen LogP contribution in [-0.4, -0.2) is 0 Å². The van der Waals surface area contributed by atoms with E-state index in [1.807, 2.05) is 0 Å². The molecule has 2 aromatic carbocycles. The zero-order valence-corrected chi connectivity index (χ0v) is 13.8. The molecule has 0 saturated carbocycles. The van der Waals surface area contributed by atoms with Gasteiger partial charge in [-0.2, -0.15) is 0 Å². The topological polar surface area (TPSA) is 38.0 Å². The average molecular weight is 333 g/mol. The number of hydrazine groups is 1. The molecule has 20 heavy (non-hydrogen) atoms. The zero-order chi connectivity index (χ0) is 14.7. The molecule has 2 nitrogen and oxygen atoms in total. The van der Waals surface area contributed by atoms with E-state index in [2.05, 4.69) is 78.5 Å². The third kappa shape index (κ3) is 3.48. The highest BCUT2D eigenvalue weighted by molar-refractivity contribution is 9.10. The molecule has 0 heterocycles. The van der Waals surface area contributed by atoms with E-state index in [9.17, 15) is 0 Å². The van der Waals surface area contributed by atoms with E-state index in [-0.39, 0.29) is 6.04 Å². The number of hydrogen-bond donors (Lipinski definition) is 2. The summed E-state index contributed by atoms with van der Waals surface area (Å²) in [6.45, 7) is 6.39. The lowest BCUT2D eigenvalue weighted by molar-refractivity contribution is 0.548.